The fourth-order valence-electron chi connectivity index (χ4n) is 5.54. The van der Waals surface area contributed by atoms with Crippen molar-refractivity contribution in [3.63, 3.8) is 0 Å². The fraction of sp³-hybridized carbons (Fsp3) is 0.171. The Morgan fingerprint density at radius 3 is 2.37 bits per heavy atom. The van der Waals surface area contributed by atoms with E-state index in [0.29, 0.717) is 47.2 Å². The molecule has 0 amide bonds. The topological polar surface area (TPSA) is 133 Å². The first-order chi connectivity index (χ1) is 22.2. The van der Waals surface area contributed by atoms with E-state index in [4.69, 9.17) is 9.15 Å². The highest BCUT2D eigenvalue weighted by Crippen LogP contribution is 2.42. The van der Waals surface area contributed by atoms with Gasteiger partial charge in [0.1, 0.15) is 5.75 Å². The summed E-state index contributed by atoms with van der Waals surface area (Å²) in [4.78, 5) is 0. The molecule has 0 saturated carbocycles. The number of fused-ring (bicyclic) bond motifs is 2. The van der Waals surface area contributed by atoms with Gasteiger partial charge in [-0.25, -0.2) is 0 Å². The van der Waals surface area contributed by atoms with Crippen LogP contribution in [-0.4, -0.2) is 33.2 Å². The lowest BCUT2D eigenvalue weighted by Gasteiger charge is -2.14. The van der Waals surface area contributed by atoms with E-state index >= 15 is 0 Å². The van der Waals surface area contributed by atoms with Crippen LogP contribution in [0, 0.1) is 0 Å². The largest absolute Gasteiger partial charge is 0.772 e. The van der Waals surface area contributed by atoms with Crippen molar-refractivity contribution >= 4 is 44.1 Å². The molecule has 6 rings (SSSR count). The fourth-order valence-corrected chi connectivity index (χ4v) is 6.33. The van der Waals surface area contributed by atoms with Crippen LogP contribution in [0.3, 0.4) is 0 Å². The summed E-state index contributed by atoms with van der Waals surface area (Å²) < 4.78 is 70.1. The molecule has 236 valence electrons. The summed E-state index contributed by atoms with van der Waals surface area (Å²) in [6, 6.07) is 29.1. The second-order valence-corrected chi connectivity index (χ2v) is 13.4. The quantitative estimate of drug-likeness (QED) is 0.0935. The number of allylic oxidation sites excluding steroid dienone is 2. The van der Waals surface area contributed by atoms with E-state index in [0.717, 1.165) is 33.4 Å². The molecule has 0 aliphatic carbocycles. The van der Waals surface area contributed by atoms with Gasteiger partial charge in [0.25, 0.3) is 15.6 Å². The first-order valence-electron chi connectivity index (χ1n) is 14.8. The van der Waals surface area contributed by atoms with Gasteiger partial charge < -0.3 is 19.0 Å². The maximum Gasteiger partial charge on any atom is 0.374 e. The number of hydrogen-bond acceptors (Lipinski definition) is 7. The summed E-state index contributed by atoms with van der Waals surface area (Å²) in [5, 5.41) is 3.35. The Bertz CT molecular complexity index is 2090. The second kappa shape index (κ2) is 13.4. The van der Waals surface area contributed by atoms with Crippen molar-refractivity contribution in [2.75, 3.05) is 16.8 Å². The normalized spacial score (nSPS) is 14.7. The van der Waals surface area contributed by atoms with Crippen molar-refractivity contribution in [1.82, 2.24) is 0 Å². The summed E-state index contributed by atoms with van der Waals surface area (Å²) in [6.07, 6.45) is 4.56. The molecule has 2 heterocycles. The van der Waals surface area contributed by atoms with Gasteiger partial charge in [-0.1, -0.05) is 90.8 Å². The second-order valence-electron chi connectivity index (χ2n) is 10.8. The predicted molar refractivity (Wildman–Crippen MR) is 178 cm³/mol. The Morgan fingerprint density at radius 2 is 1.70 bits per heavy atom. The molecule has 1 aromatic heterocycles. The average molecular weight is 657 g/mol. The smallest absolute Gasteiger partial charge is 0.374 e. The van der Waals surface area contributed by atoms with Crippen LogP contribution in [0.2, 0.25) is 0 Å². The third-order valence-corrected chi connectivity index (χ3v) is 9.03. The third-order valence-electron chi connectivity index (χ3n) is 7.79. The van der Waals surface area contributed by atoms with Crippen LogP contribution < -0.4 is 14.6 Å². The summed E-state index contributed by atoms with van der Waals surface area (Å²) >= 11 is -2.21. The predicted octanol–water partition coefficient (Wildman–Crippen LogP) is 6.50. The van der Waals surface area contributed by atoms with Crippen LogP contribution in [0.1, 0.15) is 24.8 Å². The Balaban J connectivity index is 1.37. The van der Waals surface area contributed by atoms with E-state index < -0.39 is 27.0 Å². The molecular weight excluding hydrogens is 625 g/mol. The number of anilines is 1. The van der Waals surface area contributed by atoms with Crippen LogP contribution in [0.5, 0.6) is 5.75 Å². The lowest BCUT2D eigenvalue weighted by atomic mass is 9.96. The minimum Gasteiger partial charge on any atom is -0.772 e. The molecule has 0 fully saturated rings. The maximum absolute atomic E-state index is 11.7. The monoisotopic (exact) mass is 656 g/mol. The zero-order chi connectivity index (χ0) is 32.3. The third kappa shape index (κ3) is 7.13. The number of oxazole rings is 1. The highest BCUT2D eigenvalue weighted by atomic mass is 32.2. The maximum atomic E-state index is 11.7. The minimum absolute atomic E-state index is 0.0175. The van der Waals surface area contributed by atoms with E-state index in [1.807, 2.05) is 110 Å². The van der Waals surface area contributed by atoms with E-state index in [1.54, 1.807) is 4.57 Å². The van der Waals surface area contributed by atoms with Gasteiger partial charge in [-0.05, 0) is 58.4 Å². The van der Waals surface area contributed by atoms with Crippen molar-refractivity contribution in [3.05, 3.63) is 120 Å². The molecule has 9 nitrogen and oxygen atoms in total. The SMILES string of the molecule is CCC(=Cc1oc2ccc(-c3ccccc3)cc2[n+]1CCS(=O)(=O)O)C=C1Nc2c(ccc(-c3ccccc3)c2CCS(=O)[O-])O1. The van der Waals surface area contributed by atoms with E-state index in [9.17, 15) is 21.7 Å². The number of aryl methyl sites for hydroxylation is 1. The van der Waals surface area contributed by atoms with E-state index in [-0.39, 0.29) is 12.3 Å². The minimum atomic E-state index is -4.23. The summed E-state index contributed by atoms with van der Waals surface area (Å²) in [6.45, 7) is 1.96. The Labute approximate surface area is 269 Å². The van der Waals surface area contributed by atoms with Gasteiger partial charge in [-0.2, -0.15) is 13.0 Å². The molecule has 46 heavy (non-hydrogen) atoms. The molecule has 2 N–H and O–H groups in total. The van der Waals surface area contributed by atoms with E-state index in [1.165, 1.54) is 0 Å². The highest BCUT2D eigenvalue weighted by molar-refractivity contribution is 7.85. The van der Waals surface area contributed by atoms with Gasteiger partial charge in [0.05, 0.1) is 11.8 Å². The number of hydrogen-bond donors (Lipinski definition) is 2. The van der Waals surface area contributed by atoms with Gasteiger partial charge in [0.15, 0.2) is 18.2 Å². The zero-order valence-corrected chi connectivity index (χ0v) is 26.6. The highest BCUT2D eigenvalue weighted by Gasteiger charge is 2.26. The molecule has 5 aromatic rings. The molecule has 11 heteroatoms. The molecule has 0 saturated heterocycles. The van der Waals surface area contributed by atoms with Crippen molar-refractivity contribution in [3.8, 4) is 28.0 Å². The van der Waals surface area contributed by atoms with Gasteiger partial charge >= 0.3 is 5.89 Å². The molecule has 1 unspecified atom stereocenters. The molecule has 0 spiro atoms. The van der Waals surface area contributed by atoms with Gasteiger partial charge in [0.2, 0.25) is 5.58 Å². The van der Waals surface area contributed by atoms with Crippen molar-refractivity contribution < 1.29 is 35.5 Å². The first-order valence-corrected chi connectivity index (χ1v) is 17.6. The number of rotatable bonds is 11. The number of aromatic nitrogens is 1. The number of nitrogens with one attached hydrogen (secondary N) is 1. The lowest BCUT2D eigenvalue weighted by molar-refractivity contribution is -0.673. The van der Waals surface area contributed by atoms with Crippen LogP contribution in [0.25, 0.3) is 39.4 Å². The van der Waals surface area contributed by atoms with Gasteiger partial charge in [0, 0.05) is 17.9 Å². The van der Waals surface area contributed by atoms with Crippen molar-refractivity contribution in [2.45, 2.75) is 26.3 Å². The molecule has 1 aliphatic heterocycles. The van der Waals surface area contributed by atoms with Crippen LogP contribution in [-0.2, 0) is 34.2 Å². The summed E-state index contributed by atoms with van der Waals surface area (Å²) in [5.74, 6) is 0.959. The Morgan fingerprint density at radius 1 is 0.978 bits per heavy atom. The van der Waals surface area contributed by atoms with Gasteiger partial charge in [-0.15, -0.1) is 0 Å². The molecule has 1 atom stereocenters. The van der Waals surface area contributed by atoms with Crippen LogP contribution in [0.4, 0.5) is 5.69 Å². The molecule has 0 bridgehead atoms. The number of nitrogens with zero attached hydrogens (tertiary/aromatic N) is 1. The first kappa shape index (κ1) is 31.4. The van der Waals surface area contributed by atoms with Crippen molar-refractivity contribution in [1.29, 1.82) is 0 Å². The van der Waals surface area contributed by atoms with Crippen LogP contribution in [0.15, 0.2) is 113 Å². The van der Waals surface area contributed by atoms with E-state index in [2.05, 4.69) is 5.32 Å². The summed E-state index contributed by atoms with van der Waals surface area (Å²) in [7, 11) is -4.23. The number of benzene rings is 4. The molecule has 1 aliphatic rings. The molecule has 0 radical (unpaired) electrons. The van der Waals surface area contributed by atoms with Crippen LogP contribution >= 0.6 is 0 Å². The molecular formula is C35H32N2O7S2. The number of ether oxygens (including phenoxy) is 1. The Kier molecular flexibility index (Phi) is 9.18. The summed E-state index contributed by atoms with van der Waals surface area (Å²) in [5.41, 5.74) is 7.48. The average Bonchev–Trinajstić information content (AvgIpc) is 3.62. The lowest BCUT2D eigenvalue weighted by Crippen LogP contribution is -2.38. The van der Waals surface area contributed by atoms with Crippen molar-refractivity contribution in [2.24, 2.45) is 0 Å². The molecule has 4 aromatic carbocycles. The zero-order valence-electron chi connectivity index (χ0n) is 25.0. The Hall–Kier alpha value is -4.55. The standard InChI is InChI=1S/C35H32N2O7S2/c1-2-24(21-33-36-35-29(17-19-45(38)39)28(14-16-32(35)43-33)26-11-7-4-8-12-26)22-34-37(18-20-46(40,41)42)30-23-27(13-15-31(30)44-34)25-9-5-3-6-10-25/h3-16,21-23H,2,17-20H2,1H3,(H2,38,39,40,41,42). The van der Waals surface area contributed by atoms with Gasteiger partial charge in [-0.3, -0.25) is 8.76 Å².